The summed E-state index contributed by atoms with van der Waals surface area (Å²) in [7, 11) is 0. The molecule has 2 heterocycles. The van der Waals surface area contributed by atoms with Crippen molar-refractivity contribution < 1.29 is 27.1 Å². The van der Waals surface area contributed by atoms with Crippen LogP contribution in [0.15, 0.2) is 12.1 Å². The van der Waals surface area contributed by atoms with Gasteiger partial charge in [-0.3, -0.25) is 18.1 Å². The lowest BCUT2D eigenvalue weighted by atomic mass is 10.2. The Kier molecular flexibility index (Phi) is 15.9. The molecule has 0 N–H and O–H groups in total. The van der Waals surface area contributed by atoms with Gasteiger partial charge >= 0.3 is 13.4 Å². The highest BCUT2D eigenvalue weighted by molar-refractivity contribution is 8.08. The van der Waals surface area contributed by atoms with Crippen LogP contribution in [0.2, 0.25) is 15.2 Å². The summed E-state index contributed by atoms with van der Waals surface area (Å²) < 4.78 is 32.6. The van der Waals surface area contributed by atoms with Crippen LogP contribution in [0.5, 0.6) is 11.8 Å². The molecule has 2 aromatic heterocycles. The van der Waals surface area contributed by atoms with Gasteiger partial charge < -0.3 is 9.05 Å². The normalized spacial score (nSPS) is 11.8. The second-order valence-electron chi connectivity index (χ2n) is 7.16. The van der Waals surface area contributed by atoms with E-state index in [2.05, 4.69) is 15.0 Å². The van der Waals surface area contributed by atoms with E-state index < -0.39 is 13.4 Å². The quantitative estimate of drug-likeness (QED) is 0.154. The maximum absolute atomic E-state index is 5.94. The summed E-state index contributed by atoms with van der Waals surface area (Å²) in [5, 5.41) is 0.499. The maximum Gasteiger partial charge on any atom is 0.381 e. The van der Waals surface area contributed by atoms with Crippen LogP contribution in [0.3, 0.4) is 0 Å². The van der Waals surface area contributed by atoms with Gasteiger partial charge in [0, 0.05) is 41.3 Å². The number of pyridine rings is 1. The van der Waals surface area contributed by atoms with Crippen molar-refractivity contribution in [2.45, 2.75) is 54.4 Å². The molecule has 0 aliphatic rings. The van der Waals surface area contributed by atoms with Gasteiger partial charge in [0.15, 0.2) is 5.15 Å². The van der Waals surface area contributed by atoms with Crippen molar-refractivity contribution in [2.24, 2.45) is 0 Å². The minimum absolute atomic E-state index is 0.0521. The minimum atomic E-state index is -2.92. The highest BCUT2D eigenvalue weighted by atomic mass is 35.5. The van der Waals surface area contributed by atoms with Crippen molar-refractivity contribution in [3.05, 3.63) is 38.8 Å². The first-order valence-corrected chi connectivity index (χ1v) is 17.6. The van der Waals surface area contributed by atoms with E-state index in [1.54, 1.807) is 19.9 Å². The van der Waals surface area contributed by atoms with Crippen LogP contribution in [0.25, 0.3) is 0 Å². The van der Waals surface area contributed by atoms with Crippen LogP contribution < -0.4 is 9.05 Å². The van der Waals surface area contributed by atoms with Gasteiger partial charge in [-0.1, -0.05) is 48.7 Å². The Bertz CT molecular complexity index is 1100. The van der Waals surface area contributed by atoms with Crippen LogP contribution in [0.1, 0.15) is 59.0 Å². The molecule has 210 valence electrons. The molecule has 16 heteroatoms. The molecule has 0 atom stereocenters. The first-order valence-electron chi connectivity index (χ1n) is 11.4. The molecule has 0 radical (unpaired) electrons. The van der Waals surface area contributed by atoms with Crippen molar-refractivity contribution in [3.8, 4) is 11.8 Å². The SMILES string of the molecule is CCOP(=S)(OCC)Oc1cc(C)nc(C(C)C)n1.CCOP(=S)(OCC)Oc1nc(Cl)c(Cl)cc1Cl. The van der Waals surface area contributed by atoms with E-state index >= 15 is 0 Å². The third kappa shape index (κ3) is 12.3. The molecule has 0 unspecified atom stereocenters. The Labute approximate surface area is 244 Å². The average molecular weight is 655 g/mol. The molecule has 37 heavy (non-hydrogen) atoms. The summed E-state index contributed by atoms with van der Waals surface area (Å²) in [4.78, 5) is 12.6. The van der Waals surface area contributed by atoms with E-state index in [4.69, 9.17) is 85.6 Å². The third-order valence-corrected chi connectivity index (χ3v) is 9.53. The number of nitrogens with zero attached hydrogens (tertiary/aromatic N) is 3. The fourth-order valence-electron chi connectivity index (χ4n) is 2.39. The Morgan fingerprint density at radius 2 is 1.24 bits per heavy atom. The number of halogens is 3. The molecule has 0 spiro atoms. The fourth-order valence-corrected chi connectivity index (χ4v) is 6.98. The molecular formula is C21H32Cl3N3O6P2S2. The highest BCUT2D eigenvalue weighted by Crippen LogP contribution is 2.51. The molecule has 0 aliphatic carbocycles. The lowest BCUT2D eigenvalue weighted by Gasteiger charge is -2.21. The number of hydrogen-bond donors (Lipinski definition) is 0. The Hall–Kier alpha value is -0.160. The van der Waals surface area contributed by atoms with Crippen LogP contribution in [0.4, 0.5) is 0 Å². The summed E-state index contributed by atoms with van der Waals surface area (Å²) in [5.41, 5.74) is 0.836. The van der Waals surface area contributed by atoms with Crippen molar-refractivity contribution >= 4 is 71.9 Å². The lowest BCUT2D eigenvalue weighted by Crippen LogP contribution is -2.06. The third-order valence-electron chi connectivity index (χ3n) is 3.77. The number of aryl methyl sites for hydroxylation is 1. The van der Waals surface area contributed by atoms with Crippen molar-refractivity contribution in [2.75, 3.05) is 26.4 Å². The zero-order chi connectivity index (χ0) is 28.2. The molecule has 2 rings (SSSR count). The second kappa shape index (κ2) is 16.8. The number of rotatable bonds is 13. The fraction of sp³-hybridized carbons (Fsp3) is 0.571. The van der Waals surface area contributed by atoms with E-state index in [1.165, 1.54) is 6.07 Å². The minimum Gasteiger partial charge on any atom is -0.406 e. The molecule has 9 nitrogen and oxygen atoms in total. The van der Waals surface area contributed by atoms with E-state index in [0.717, 1.165) is 11.5 Å². The van der Waals surface area contributed by atoms with E-state index in [-0.39, 0.29) is 27.0 Å². The van der Waals surface area contributed by atoms with Gasteiger partial charge in [-0.2, -0.15) is 9.97 Å². The van der Waals surface area contributed by atoms with Crippen molar-refractivity contribution in [1.29, 1.82) is 0 Å². The summed E-state index contributed by atoms with van der Waals surface area (Å²) in [6.07, 6.45) is 0. The number of hydrogen-bond acceptors (Lipinski definition) is 11. The van der Waals surface area contributed by atoms with E-state index in [0.29, 0.717) is 32.3 Å². The summed E-state index contributed by atoms with van der Waals surface area (Å²) in [5.74, 6) is 1.42. The molecule has 0 fully saturated rings. The van der Waals surface area contributed by atoms with Gasteiger partial charge in [-0.05, 0) is 40.7 Å². The predicted molar refractivity (Wildman–Crippen MR) is 156 cm³/mol. The van der Waals surface area contributed by atoms with Crippen molar-refractivity contribution in [1.82, 2.24) is 15.0 Å². The first kappa shape index (κ1) is 34.9. The summed E-state index contributed by atoms with van der Waals surface area (Å²) in [6, 6.07) is 3.16. The molecule has 0 saturated heterocycles. The average Bonchev–Trinajstić information content (AvgIpc) is 2.78. The first-order chi connectivity index (χ1) is 17.3. The monoisotopic (exact) mass is 653 g/mol. The van der Waals surface area contributed by atoms with Gasteiger partial charge in [0.2, 0.25) is 11.8 Å². The molecule has 0 aliphatic heterocycles. The Morgan fingerprint density at radius 3 is 1.70 bits per heavy atom. The Balaban J connectivity index is 0.000000371. The lowest BCUT2D eigenvalue weighted by molar-refractivity contribution is 0.215. The molecule has 2 aromatic rings. The number of aromatic nitrogens is 3. The van der Waals surface area contributed by atoms with Crippen LogP contribution in [-0.2, 0) is 41.7 Å². The molecule has 0 amide bonds. The molecule has 0 bridgehead atoms. The summed E-state index contributed by atoms with van der Waals surface area (Å²) >= 11 is 28.0. The molecule has 0 saturated carbocycles. The van der Waals surface area contributed by atoms with Crippen LogP contribution >= 0.6 is 48.2 Å². The molecular weight excluding hydrogens is 623 g/mol. The van der Waals surface area contributed by atoms with Gasteiger partial charge in [0.1, 0.15) is 10.8 Å². The van der Waals surface area contributed by atoms with Gasteiger partial charge in [-0.25, -0.2) is 4.98 Å². The predicted octanol–water partition coefficient (Wildman–Crippen LogP) is 8.30. The van der Waals surface area contributed by atoms with Crippen molar-refractivity contribution in [3.63, 3.8) is 0 Å². The summed E-state index contributed by atoms with van der Waals surface area (Å²) in [6.45, 7) is 9.14. The van der Waals surface area contributed by atoms with Gasteiger partial charge in [-0.15, -0.1) is 0 Å². The standard InChI is InChI=1S/C12H21N2O3PS.C9H11Cl3NO3PS/c1-6-15-18(19,16-7-2)17-11-8-10(5)13-12(14-11)9(3)4;1-3-14-17(18,15-4-2)16-9-7(11)5-6(10)8(12)13-9/h8-9H,6-7H2,1-5H3;5H,3-4H2,1-2H3. The smallest absolute Gasteiger partial charge is 0.381 e. The maximum atomic E-state index is 5.94. The van der Waals surface area contributed by atoms with E-state index in [9.17, 15) is 0 Å². The van der Waals surface area contributed by atoms with Crippen LogP contribution in [0, 0.1) is 6.92 Å². The topological polar surface area (TPSA) is 94.1 Å². The largest absolute Gasteiger partial charge is 0.406 e. The van der Waals surface area contributed by atoms with Gasteiger partial charge in [0.25, 0.3) is 0 Å². The second-order valence-corrected chi connectivity index (χ2v) is 14.2. The van der Waals surface area contributed by atoms with E-state index in [1.807, 2.05) is 34.6 Å². The zero-order valence-electron chi connectivity index (χ0n) is 21.7. The van der Waals surface area contributed by atoms with Crippen LogP contribution in [-0.4, -0.2) is 41.4 Å². The van der Waals surface area contributed by atoms with Gasteiger partial charge in [0.05, 0.1) is 31.5 Å². The zero-order valence-corrected chi connectivity index (χ0v) is 27.4. The Morgan fingerprint density at radius 1 is 0.757 bits per heavy atom. The highest BCUT2D eigenvalue weighted by Gasteiger charge is 2.25. The molecule has 0 aromatic carbocycles.